The van der Waals surface area contributed by atoms with Crippen LogP contribution in [0.5, 0.6) is 0 Å². The molecule has 0 amide bonds. The molecule has 0 spiro atoms. The molecule has 5 aromatic carbocycles. The number of nitrogens with zero attached hydrogens (tertiary/aromatic N) is 5. The molecule has 7 nitrogen and oxygen atoms in total. The third-order valence-corrected chi connectivity index (χ3v) is 9.46. The maximum absolute atomic E-state index is 13.5. The van der Waals surface area contributed by atoms with E-state index in [1.165, 1.54) is 0 Å². The van der Waals surface area contributed by atoms with Crippen molar-refractivity contribution < 1.29 is 5.11 Å². The predicted octanol–water partition coefficient (Wildman–Crippen LogP) is 7.32. The van der Waals surface area contributed by atoms with Gasteiger partial charge in [0.25, 0.3) is 0 Å². The lowest BCUT2D eigenvalue weighted by atomic mass is 9.69. The summed E-state index contributed by atoms with van der Waals surface area (Å²) in [5, 5.41) is 21.4. The lowest BCUT2D eigenvalue weighted by molar-refractivity contribution is 0.0526. The zero-order chi connectivity index (χ0) is 31.4. The molecule has 0 bridgehead atoms. The van der Waals surface area contributed by atoms with Crippen LogP contribution in [0.2, 0.25) is 0 Å². The van der Waals surface area contributed by atoms with Crippen LogP contribution in [-0.2, 0) is 11.1 Å². The maximum Gasteiger partial charge on any atom is 0.198 e. The minimum Gasteiger partial charge on any atom is -0.363 e. The van der Waals surface area contributed by atoms with Crippen LogP contribution in [0.4, 0.5) is 0 Å². The third-order valence-electron chi connectivity index (χ3n) is 9.46. The Morgan fingerprint density at radius 2 is 1.32 bits per heavy atom. The average molecular weight is 609 g/mol. The number of benzene rings is 5. The molecule has 9 rings (SSSR count). The van der Waals surface area contributed by atoms with Gasteiger partial charge in [0.05, 0.1) is 11.1 Å². The van der Waals surface area contributed by atoms with E-state index in [0.29, 0.717) is 22.4 Å². The zero-order valence-corrected chi connectivity index (χ0v) is 25.2. The Labute approximate surface area is 270 Å². The summed E-state index contributed by atoms with van der Waals surface area (Å²) in [5.41, 5.74) is 8.14. The first-order valence-corrected chi connectivity index (χ1v) is 15.5. The number of aromatic amines is 1. The molecule has 3 aromatic heterocycles. The van der Waals surface area contributed by atoms with Gasteiger partial charge in [-0.25, -0.2) is 15.0 Å². The molecule has 1 atom stereocenters. The second kappa shape index (κ2) is 10.4. The maximum atomic E-state index is 13.5. The van der Waals surface area contributed by atoms with E-state index in [-0.39, 0.29) is 0 Å². The van der Waals surface area contributed by atoms with Crippen LogP contribution < -0.4 is 0 Å². The molecule has 2 N–H and O–H groups in total. The Balaban J connectivity index is 1.37. The van der Waals surface area contributed by atoms with E-state index in [1.54, 1.807) is 23.3 Å². The molecule has 8 aromatic rings. The fraction of sp³-hybridized carbons (Fsp3) is 0.0500. The Kier molecular flexibility index (Phi) is 6.03. The molecule has 7 heteroatoms. The lowest BCUT2D eigenvalue weighted by Gasteiger charge is -2.35. The number of aromatic nitrogens is 6. The van der Waals surface area contributed by atoms with Crippen LogP contribution in [-0.4, -0.2) is 34.8 Å². The van der Waals surface area contributed by atoms with Crippen molar-refractivity contribution in [2.75, 3.05) is 0 Å². The molecule has 1 aliphatic rings. The summed E-state index contributed by atoms with van der Waals surface area (Å²) < 4.78 is 1.73. The van der Waals surface area contributed by atoms with Gasteiger partial charge in [-0.1, -0.05) is 121 Å². The number of aliphatic hydroxyl groups is 1. The molecule has 1 unspecified atom stereocenters. The first kappa shape index (κ1) is 27.2. The van der Waals surface area contributed by atoms with Crippen molar-refractivity contribution in [2.45, 2.75) is 11.1 Å². The fourth-order valence-electron chi connectivity index (χ4n) is 7.48. The van der Waals surface area contributed by atoms with Crippen molar-refractivity contribution in [1.82, 2.24) is 29.7 Å². The van der Waals surface area contributed by atoms with Gasteiger partial charge in [0.15, 0.2) is 17.0 Å². The van der Waals surface area contributed by atoms with E-state index < -0.39 is 11.1 Å². The Hall–Kier alpha value is -6.18. The van der Waals surface area contributed by atoms with Crippen LogP contribution in [0.15, 0.2) is 158 Å². The smallest absolute Gasteiger partial charge is 0.198 e. The van der Waals surface area contributed by atoms with Gasteiger partial charge in [0, 0.05) is 29.7 Å². The lowest BCUT2D eigenvalue weighted by Crippen LogP contribution is -2.37. The van der Waals surface area contributed by atoms with Gasteiger partial charge < -0.3 is 5.11 Å². The van der Waals surface area contributed by atoms with E-state index in [2.05, 4.69) is 92.8 Å². The standard InChI is InChI=1S/C40H28N6O/c47-40(46-26-43-37-38(46)42-24-23-41-37,35-20-9-4-15-30(35)27-11-2-1-3-12-27)29-14-10-13-28(25-29)39(36-21-22-44-45-36)33-18-7-5-16-31(33)32-17-6-8-19-34(32)39/h1-26,47H,(H,44,45). The number of imidazole rings is 1. The molecule has 0 saturated carbocycles. The number of fused-ring (bicyclic) bond motifs is 4. The number of hydrogen-bond donors (Lipinski definition) is 2. The van der Waals surface area contributed by atoms with E-state index in [4.69, 9.17) is 5.10 Å². The quantitative estimate of drug-likeness (QED) is 0.206. The molecule has 1 aliphatic carbocycles. The summed E-state index contributed by atoms with van der Waals surface area (Å²) in [7, 11) is 0. The molecule has 0 radical (unpaired) electrons. The zero-order valence-electron chi connectivity index (χ0n) is 25.2. The number of nitrogens with one attached hydrogen (secondary N) is 1. The highest BCUT2D eigenvalue weighted by atomic mass is 16.3. The molecule has 0 aliphatic heterocycles. The monoisotopic (exact) mass is 608 g/mol. The SMILES string of the molecule is OC(c1cccc(C2(c3cc[nH]n3)c3ccccc3-c3ccccc32)c1)(c1ccccc1-c1ccccc1)n1cnc2nccnc21. The molecule has 224 valence electrons. The summed E-state index contributed by atoms with van der Waals surface area (Å²) in [6.07, 6.45) is 6.73. The van der Waals surface area contributed by atoms with Crippen molar-refractivity contribution in [3.05, 3.63) is 192 Å². The highest BCUT2D eigenvalue weighted by Crippen LogP contribution is 2.56. The van der Waals surface area contributed by atoms with Crippen LogP contribution >= 0.6 is 0 Å². The summed E-state index contributed by atoms with van der Waals surface area (Å²) >= 11 is 0. The van der Waals surface area contributed by atoms with E-state index in [1.807, 2.05) is 66.9 Å². The topological polar surface area (TPSA) is 92.5 Å². The molecule has 0 saturated heterocycles. The van der Waals surface area contributed by atoms with Crippen molar-refractivity contribution in [2.24, 2.45) is 0 Å². The molecular weight excluding hydrogens is 580 g/mol. The number of H-pyrrole nitrogens is 1. The average Bonchev–Trinajstić information content (AvgIpc) is 3.90. The summed E-state index contributed by atoms with van der Waals surface area (Å²) in [4.78, 5) is 13.6. The van der Waals surface area contributed by atoms with Crippen LogP contribution in [0.1, 0.15) is 33.5 Å². The van der Waals surface area contributed by atoms with E-state index in [0.717, 1.165) is 44.6 Å². The first-order valence-electron chi connectivity index (χ1n) is 15.5. The van der Waals surface area contributed by atoms with Gasteiger partial charge in [0.2, 0.25) is 0 Å². The van der Waals surface area contributed by atoms with Crippen molar-refractivity contribution in [3.8, 4) is 22.3 Å². The number of hydrogen-bond acceptors (Lipinski definition) is 5. The normalized spacial score (nSPS) is 14.4. The summed E-state index contributed by atoms with van der Waals surface area (Å²) in [6.45, 7) is 0. The van der Waals surface area contributed by atoms with Gasteiger partial charge in [-0.3, -0.25) is 9.67 Å². The van der Waals surface area contributed by atoms with Crippen LogP contribution in [0.25, 0.3) is 33.5 Å². The van der Waals surface area contributed by atoms with E-state index >= 15 is 0 Å². The third kappa shape index (κ3) is 3.84. The Bertz CT molecular complexity index is 2350. The second-order valence-corrected chi connectivity index (χ2v) is 11.8. The molecule has 3 heterocycles. The minimum absolute atomic E-state index is 0.450. The second-order valence-electron chi connectivity index (χ2n) is 11.8. The molecular formula is C40H28N6O. The molecule has 47 heavy (non-hydrogen) atoms. The predicted molar refractivity (Wildman–Crippen MR) is 181 cm³/mol. The van der Waals surface area contributed by atoms with Gasteiger partial charge >= 0.3 is 0 Å². The summed E-state index contributed by atoms with van der Waals surface area (Å²) in [6, 6.07) is 45.4. The van der Waals surface area contributed by atoms with Gasteiger partial charge in [-0.2, -0.15) is 5.10 Å². The largest absolute Gasteiger partial charge is 0.363 e. The highest BCUT2D eigenvalue weighted by Gasteiger charge is 2.48. The summed E-state index contributed by atoms with van der Waals surface area (Å²) in [5.74, 6) is 0. The van der Waals surface area contributed by atoms with Crippen molar-refractivity contribution in [3.63, 3.8) is 0 Å². The Morgan fingerprint density at radius 3 is 2.06 bits per heavy atom. The Morgan fingerprint density at radius 1 is 0.638 bits per heavy atom. The number of rotatable bonds is 6. The van der Waals surface area contributed by atoms with Crippen molar-refractivity contribution in [1.29, 1.82) is 0 Å². The van der Waals surface area contributed by atoms with Crippen LogP contribution in [0, 0.1) is 0 Å². The first-order chi connectivity index (χ1) is 23.2. The minimum atomic E-state index is -1.72. The van der Waals surface area contributed by atoms with Gasteiger partial charge in [-0.15, -0.1) is 0 Å². The van der Waals surface area contributed by atoms with Gasteiger partial charge in [0.1, 0.15) is 6.33 Å². The van der Waals surface area contributed by atoms with E-state index in [9.17, 15) is 5.11 Å². The molecule has 0 fully saturated rings. The highest BCUT2D eigenvalue weighted by molar-refractivity contribution is 5.86. The fourth-order valence-corrected chi connectivity index (χ4v) is 7.48. The van der Waals surface area contributed by atoms with Gasteiger partial charge in [-0.05, 0) is 51.1 Å². The van der Waals surface area contributed by atoms with Crippen molar-refractivity contribution >= 4 is 11.3 Å². The van der Waals surface area contributed by atoms with Crippen LogP contribution in [0.3, 0.4) is 0 Å².